The SMILES string of the molecule is CC(=O)CC[C@H]1C(=O)[C@]23[C@H](O)[C@H]1CC[C@H]2[C@]12CCC[C@](C)(CO)[C@H]1[C@H](O)[C@@]3(O)OC2. The number of aliphatic hydroxyl groups is 4. The summed E-state index contributed by atoms with van der Waals surface area (Å²) in [4.78, 5) is 25.5. The van der Waals surface area contributed by atoms with Gasteiger partial charge in [0.15, 0.2) is 5.78 Å². The second-order valence-corrected chi connectivity index (χ2v) is 11.1. The molecule has 2 saturated heterocycles. The lowest BCUT2D eigenvalue weighted by molar-refractivity contribution is -0.450. The van der Waals surface area contributed by atoms with Crippen LogP contribution in [0.25, 0.3) is 0 Å². The minimum absolute atomic E-state index is 0.00222. The van der Waals surface area contributed by atoms with Gasteiger partial charge in [0.25, 0.3) is 0 Å². The van der Waals surface area contributed by atoms with Crippen molar-refractivity contribution in [2.24, 2.45) is 39.9 Å². The maximum Gasteiger partial charge on any atom is 0.208 e. The normalized spacial score (nSPS) is 56.5. The first-order valence-corrected chi connectivity index (χ1v) is 11.5. The number of hydrogen-bond donors (Lipinski definition) is 4. The molecule has 168 valence electrons. The molecule has 0 aromatic heterocycles. The maximum atomic E-state index is 13.9. The molecule has 0 unspecified atom stereocenters. The standard InChI is InChI=1S/C23H34O7/c1-12(25)4-5-13-14-6-7-15-21-9-3-8-20(2,10-24)16(21)19(28)23(29,30-11-21)22(15,17(13)26)18(14)27/h13-16,18-19,24,27-29H,3-11H2,1-2H3/t13-,14+,15+,16-,18-,19+,20-,21-,22+,23-/m1/s1. The Morgan fingerprint density at radius 2 is 1.93 bits per heavy atom. The van der Waals surface area contributed by atoms with Gasteiger partial charge in [0.05, 0.1) is 12.7 Å². The lowest BCUT2D eigenvalue weighted by atomic mass is 9.36. The molecule has 0 aromatic rings. The fraction of sp³-hybridized carbons (Fsp3) is 0.913. The lowest BCUT2D eigenvalue weighted by Crippen LogP contribution is -2.84. The zero-order chi connectivity index (χ0) is 21.7. The fourth-order valence-electron chi connectivity index (χ4n) is 8.88. The van der Waals surface area contributed by atoms with Gasteiger partial charge in [0.2, 0.25) is 5.79 Å². The number of ether oxygens (including phenoxy) is 1. The Bertz CT molecular complexity index is 784. The van der Waals surface area contributed by atoms with Crippen molar-refractivity contribution in [3.8, 4) is 0 Å². The molecule has 2 aliphatic heterocycles. The molecule has 0 amide bonds. The molecule has 30 heavy (non-hydrogen) atoms. The van der Waals surface area contributed by atoms with E-state index in [9.17, 15) is 30.0 Å². The van der Waals surface area contributed by atoms with Crippen LogP contribution in [-0.2, 0) is 14.3 Å². The van der Waals surface area contributed by atoms with Crippen LogP contribution in [0.15, 0.2) is 0 Å². The topological polar surface area (TPSA) is 124 Å². The van der Waals surface area contributed by atoms with Gasteiger partial charge in [0, 0.05) is 30.3 Å². The Balaban J connectivity index is 1.66. The van der Waals surface area contributed by atoms with Gasteiger partial charge in [0.1, 0.15) is 17.3 Å². The van der Waals surface area contributed by atoms with E-state index in [1.807, 2.05) is 6.92 Å². The summed E-state index contributed by atoms with van der Waals surface area (Å²) in [5.41, 5.74) is -2.69. The quantitative estimate of drug-likeness (QED) is 0.528. The van der Waals surface area contributed by atoms with E-state index in [-0.39, 0.29) is 43.0 Å². The van der Waals surface area contributed by atoms with Gasteiger partial charge in [-0.1, -0.05) is 13.3 Å². The number of hydrogen-bond acceptors (Lipinski definition) is 7. The van der Waals surface area contributed by atoms with Crippen molar-refractivity contribution < 1.29 is 34.8 Å². The van der Waals surface area contributed by atoms with Crippen LogP contribution in [0.2, 0.25) is 0 Å². The third-order valence-corrected chi connectivity index (χ3v) is 9.96. The number of Topliss-reactive ketones (excluding diaryl/α,β-unsaturated/α-hetero) is 2. The first-order chi connectivity index (χ1) is 14.1. The second kappa shape index (κ2) is 6.35. The Hall–Kier alpha value is -0.860. The van der Waals surface area contributed by atoms with Gasteiger partial charge in [-0.05, 0) is 56.3 Å². The first-order valence-electron chi connectivity index (χ1n) is 11.5. The number of rotatable bonds is 4. The third kappa shape index (κ3) is 2.09. The van der Waals surface area contributed by atoms with E-state index in [2.05, 4.69) is 0 Å². The highest BCUT2D eigenvalue weighted by Gasteiger charge is 2.86. The molecule has 7 heteroatoms. The van der Waals surface area contributed by atoms with Crippen LogP contribution in [0.3, 0.4) is 0 Å². The van der Waals surface area contributed by atoms with E-state index in [0.717, 1.165) is 19.3 Å². The lowest BCUT2D eigenvalue weighted by Gasteiger charge is -2.74. The summed E-state index contributed by atoms with van der Waals surface area (Å²) in [6.45, 7) is 3.57. The van der Waals surface area contributed by atoms with E-state index in [1.165, 1.54) is 6.92 Å². The van der Waals surface area contributed by atoms with E-state index in [1.54, 1.807) is 0 Å². The maximum absolute atomic E-state index is 13.9. The molecule has 2 heterocycles. The minimum atomic E-state index is -2.17. The number of fused-ring (bicyclic) bond motifs is 2. The van der Waals surface area contributed by atoms with Gasteiger partial charge in [-0.15, -0.1) is 0 Å². The summed E-state index contributed by atoms with van der Waals surface area (Å²) in [6.07, 6.45) is 1.85. The summed E-state index contributed by atoms with van der Waals surface area (Å²) in [5, 5.41) is 45.1. The Morgan fingerprint density at radius 1 is 1.20 bits per heavy atom. The fourth-order valence-corrected chi connectivity index (χ4v) is 8.88. The van der Waals surface area contributed by atoms with Crippen molar-refractivity contribution in [3.05, 3.63) is 0 Å². The molecular weight excluding hydrogens is 388 g/mol. The predicted molar refractivity (Wildman–Crippen MR) is 105 cm³/mol. The largest absolute Gasteiger partial charge is 0.396 e. The summed E-state index contributed by atoms with van der Waals surface area (Å²) in [5.74, 6) is -3.93. The molecule has 10 atom stereocenters. The molecule has 4 saturated carbocycles. The first kappa shape index (κ1) is 21.0. The minimum Gasteiger partial charge on any atom is -0.396 e. The number of carbonyl (C=O) groups is 2. The highest BCUT2D eigenvalue weighted by Crippen LogP contribution is 2.76. The van der Waals surface area contributed by atoms with Gasteiger partial charge < -0.3 is 30.0 Å². The van der Waals surface area contributed by atoms with E-state index in [0.29, 0.717) is 19.3 Å². The summed E-state index contributed by atoms with van der Waals surface area (Å²) < 4.78 is 5.96. The van der Waals surface area contributed by atoms with Gasteiger partial charge in [-0.25, -0.2) is 0 Å². The molecule has 0 aromatic carbocycles. The number of carbonyl (C=O) groups excluding carboxylic acids is 2. The van der Waals surface area contributed by atoms with Gasteiger partial charge in [-0.2, -0.15) is 0 Å². The van der Waals surface area contributed by atoms with Crippen molar-refractivity contribution in [2.45, 2.75) is 76.8 Å². The average Bonchev–Trinajstić information content (AvgIpc) is 2.82. The zero-order valence-corrected chi connectivity index (χ0v) is 17.8. The van der Waals surface area contributed by atoms with Gasteiger partial charge in [-0.3, -0.25) is 4.79 Å². The Kier molecular flexibility index (Phi) is 4.45. The smallest absolute Gasteiger partial charge is 0.208 e. The van der Waals surface area contributed by atoms with Gasteiger partial charge >= 0.3 is 0 Å². The van der Waals surface area contributed by atoms with Crippen LogP contribution in [0.4, 0.5) is 0 Å². The highest BCUT2D eigenvalue weighted by atomic mass is 16.6. The summed E-state index contributed by atoms with van der Waals surface area (Å²) in [7, 11) is 0. The zero-order valence-electron chi connectivity index (χ0n) is 17.8. The van der Waals surface area contributed by atoms with Crippen molar-refractivity contribution in [2.75, 3.05) is 13.2 Å². The number of aliphatic hydroxyl groups excluding tert-OH is 3. The Labute approximate surface area is 176 Å². The molecule has 6 rings (SSSR count). The van der Waals surface area contributed by atoms with Crippen molar-refractivity contribution in [1.82, 2.24) is 0 Å². The van der Waals surface area contributed by atoms with Crippen molar-refractivity contribution >= 4 is 11.6 Å². The second-order valence-electron chi connectivity index (χ2n) is 11.1. The monoisotopic (exact) mass is 422 g/mol. The molecule has 2 spiro atoms. The van der Waals surface area contributed by atoms with E-state index in [4.69, 9.17) is 4.74 Å². The third-order valence-electron chi connectivity index (χ3n) is 9.96. The predicted octanol–water partition coefficient (Wildman–Crippen LogP) is 0.806. The molecular formula is C23H34O7. The molecule has 4 N–H and O–H groups in total. The molecule has 6 aliphatic rings. The molecule has 4 bridgehead atoms. The van der Waals surface area contributed by atoms with Crippen LogP contribution in [-0.4, -0.2) is 63.2 Å². The average molecular weight is 423 g/mol. The molecule has 6 fully saturated rings. The van der Waals surface area contributed by atoms with Crippen LogP contribution in [0.5, 0.6) is 0 Å². The molecule has 4 aliphatic carbocycles. The van der Waals surface area contributed by atoms with Crippen LogP contribution < -0.4 is 0 Å². The van der Waals surface area contributed by atoms with Crippen LogP contribution in [0.1, 0.15) is 58.8 Å². The summed E-state index contributed by atoms with van der Waals surface area (Å²) in [6, 6.07) is 0. The molecule has 0 radical (unpaired) electrons. The Morgan fingerprint density at radius 3 is 2.60 bits per heavy atom. The van der Waals surface area contributed by atoms with Crippen LogP contribution in [0, 0.1) is 39.9 Å². The van der Waals surface area contributed by atoms with E-state index < -0.39 is 46.1 Å². The summed E-state index contributed by atoms with van der Waals surface area (Å²) >= 11 is 0. The molecule has 7 nitrogen and oxygen atoms in total. The van der Waals surface area contributed by atoms with E-state index >= 15 is 0 Å². The number of ketones is 2. The van der Waals surface area contributed by atoms with Crippen LogP contribution >= 0.6 is 0 Å². The highest BCUT2D eigenvalue weighted by molar-refractivity contribution is 5.93. The van der Waals surface area contributed by atoms with Crippen molar-refractivity contribution in [3.63, 3.8) is 0 Å². The van der Waals surface area contributed by atoms with Crippen molar-refractivity contribution in [1.29, 1.82) is 0 Å².